The Bertz CT molecular complexity index is 750. The van der Waals surface area contributed by atoms with Crippen LogP contribution >= 0.6 is 0 Å². The summed E-state index contributed by atoms with van der Waals surface area (Å²) in [5.74, 6) is 2.80. The van der Waals surface area contributed by atoms with E-state index in [-0.39, 0.29) is 5.91 Å². The summed E-state index contributed by atoms with van der Waals surface area (Å²) < 4.78 is 4.08. The third-order valence-electron chi connectivity index (χ3n) is 5.73. The molecular formula is C19H27N5O. The Kier molecular flexibility index (Phi) is 4.36. The van der Waals surface area contributed by atoms with Crippen molar-refractivity contribution in [2.75, 3.05) is 13.1 Å². The number of carbonyl (C=O) groups excluding carboxylic acids is 1. The van der Waals surface area contributed by atoms with Gasteiger partial charge in [-0.1, -0.05) is 0 Å². The van der Waals surface area contributed by atoms with E-state index in [2.05, 4.69) is 21.6 Å². The summed E-state index contributed by atoms with van der Waals surface area (Å²) in [5, 5.41) is 4.10. The first-order valence-electron chi connectivity index (χ1n) is 9.43. The smallest absolute Gasteiger partial charge is 0.272 e. The van der Waals surface area contributed by atoms with Crippen molar-refractivity contribution in [1.29, 1.82) is 0 Å². The number of piperidine rings is 1. The van der Waals surface area contributed by atoms with Crippen LogP contribution in [0.15, 0.2) is 18.5 Å². The maximum Gasteiger partial charge on any atom is 0.272 e. The zero-order valence-electron chi connectivity index (χ0n) is 15.2. The molecule has 2 fully saturated rings. The van der Waals surface area contributed by atoms with Gasteiger partial charge in [0.25, 0.3) is 5.91 Å². The highest BCUT2D eigenvalue weighted by Crippen LogP contribution is 2.39. The van der Waals surface area contributed by atoms with E-state index in [1.54, 1.807) is 16.9 Å². The molecule has 6 nitrogen and oxygen atoms in total. The van der Waals surface area contributed by atoms with Gasteiger partial charge in [0.2, 0.25) is 0 Å². The lowest BCUT2D eigenvalue weighted by Gasteiger charge is -2.32. The van der Waals surface area contributed by atoms with Crippen molar-refractivity contribution in [3.63, 3.8) is 0 Å². The molecule has 0 N–H and O–H groups in total. The first kappa shape index (κ1) is 16.4. The van der Waals surface area contributed by atoms with Gasteiger partial charge >= 0.3 is 0 Å². The molecule has 0 radical (unpaired) electrons. The zero-order chi connectivity index (χ0) is 17.4. The minimum atomic E-state index is 0.111. The van der Waals surface area contributed by atoms with Crippen molar-refractivity contribution >= 4 is 5.91 Å². The fourth-order valence-corrected chi connectivity index (χ4v) is 3.92. The molecule has 1 aliphatic carbocycles. The number of carbonyl (C=O) groups is 1. The van der Waals surface area contributed by atoms with Crippen molar-refractivity contribution < 1.29 is 4.79 Å². The molecule has 0 spiro atoms. The number of nitrogens with zero attached hydrogens (tertiary/aromatic N) is 5. The predicted octanol–water partition coefficient (Wildman–Crippen LogP) is 2.74. The van der Waals surface area contributed by atoms with Crippen molar-refractivity contribution in [1.82, 2.24) is 24.2 Å². The van der Waals surface area contributed by atoms with E-state index in [1.807, 2.05) is 18.1 Å². The summed E-state index contributed by atoms with van der Waals surface area (Å²) in [6, 6.07) is 1.80. The van der Waals surface area contributed by atoms with Gasteiger partial charge in [0.05, 0.1) is 0 Å². The Hall–Kier alpha value is -2.11. The predicted molar refractivity (Wildman–Crippen MR) is 95.4 cm³/mol. The van der Waals surface area contributed by atoms with Gasteiger partial charge in [-0.15, -0.1) is 0 Å². The Morgan fingerprint density at radius 2 is 2.00 bits per heavy atom. The molecule has 3 heterocycles. The van der Waals surface area contributed by atoms with E-state index >= 15 is 0 Å². The summed E-state index contributed by atoms with van der Waals surface area (Å²) in [5.41, 5.74) is 1.97. The molecule has 4 rings (SSSR count). The Labute approximate surface area is 148 Å². The van der Waals surface area contributed by atoms with E-state index < -0.39 is 0 Å². The van der Waals surface area contributed by atoms with Crippen LogP contribution in [0.4, 0.5) is 0 Å². The largest absolute Gasteiger partial charge is 0.337 e. The van der Waals surface area contributed by atoms with Gasteiger partial charge in [0.1, 0.15) is 11.5 Å². The maximum atomic E-state index is 12.6. The van der Waals surface area contributed by atoms with Gasteiger partial charge in [0, 0.05) is 50.7 Å². The Morgan fingerprint density at radius 1 is 1.24 bits per heavy atom. The fourth-order valence-electron chi connectivity index (χ4n) is 3.92. The standard InChI is InChI=1S/C19H27N5O/c1-14-13-20-18(16-3-4-16)24(14)12-8-15-6-10-23(11-7-15)19(25)17-5-9-21-22(17)2/h5,9,13,15-16H,3-4,6-8,10-12H2,1-2H3. The van der Waals surface area contributed by atoms with Crippen molar-refractivity contribution in [2.24, 2.45) is 13.0 Å². The molecule has 0 unspecified atom stereocenters. The lowest BCUT2D eigenvalue weighted by atomic mass is 9.93. The molecule has 134 valence electrons. The van der Waals surface area contributed by atoms with Crippen molar-refractivity contribution in [3.8, 4) is 0 Å². The van der Waals surface area contributed by atoms with E-state index in [0.717, 1.165) is 32.5 Å². The van der Waals surface area contributed by atoms with E-state index in [9.17, 15) is 4.79 Å². The zero-order valence-corrected chi connectivity index (χ0v) is 15.2. The topological polar surface area (TPSA) is 56.0 Å². The highest BCUT2D eigenvalue weighted by molar-refractivity contribution is 5.92. The lowest BCUT2D eigenvalue weighted by molar-refractivity contribution is 0.0673. The summed E-state index contributed by atoms with van der Waals surface area (Å²) in [4.78, 5) is 19.1. The van der Waals surface area contributed by atoms with Crippen LogP contribution in [0, 0.1) is 12.8 Å². The number of rotatable bonds is 5. The molecule has 0 aromatic carbocycles. The number of aryl methyl sites for hydroxylation is 2. The van der Waals surface area contributed by atoms with Gasteiger partial charge in [-0.3, -0.25) is 9.48 Å². The van der Waals surface area contributed by atoms with Crippen LogP contribution in [0.25, 0.3) is 0 Å². The Balaban J connectivity index is 1.30. The summed E-state index contributed by atoms with van der Waals surface area (Å²) in [6.07, 6.45) is 9.67. The van der Waals surface area contributed by atoms with Gasteiger partial charge in [-0.05, 0) is 51.0 Å². The molecule has 0 bridgehead atoms. The molecule has 25 heavy (non-hydrogen) atoms. The summed E-state index contributed by atoms with van der Waals surface area (Å²) in [7, 11) is 1.82. The van der Waals surface area contributed by atoms with Gasteiger partial charge in [-0.25, -0.2) is 4.98 Å². The number of aromatic nitrogens is 4. The molecule has 1 saturated carbocycles. The van der Waals surface area contributed by atoms with E-state index in [1.165, 1.54) is 30.8 Å². The lowest BCUT2D eigenvalue weighted by Crippen LogP contribution is -2.39. The molecule has 2 aromatic heterocycles. The van der Waals surface area contributed by atoms with E-state index in [0.29, 0.717) is 17.5 Å². The Morgan fingerprint density at radius 3 is 2.64 bits per heavy atom. The van der Waals surface area contributed by atoms with Crippen LogP contribution in [0.3, 0.4) is 0 Å². The number of imidazole rings is 1. The van der Waals surface area contributed by atoms with Gasteiger partial charge in [-0.2, -0.15) is 5.10 Å². The van der Waals surface area contributed by atoms with Crippen LogP contribution in [-0.4, -0.2) is 43.2 Å². The second kappa shape index (κ2) is 6.65. The third-order valence-corrected chi connectivity index (χ3v) is 5.73. The second-order valence-electron chi connectivity index (χ2n) is 7.55. The van der Waals surface area contributed by atoms with Gasteiger partial charge < -0.3 is 9.47 Å². The normalized spacial score (nSPS) is 18.7. The molecule has 6 heteroatoms. The van der Waals surface area contributed by atoms with E-state index in [4.69, 9.17) is 0 Å². The molecular weight excluding hydrogens is 314 g/mol. The number of likely N-dealkylation sites (tertiary alicyclic amines) is 1. The van der Waals surface area contributed by atoms with Crippen molar-refractivity contribution in [3.05, 3.63) is 35.7 Å². The number of amides is 1. The first-order valence-corrected chi connectivity index (χ1v) is 9.43. The average molecular weight is 341 g/mol. The second-order valence-corrected chi connectivity index (χ2v) is 7.55. The molecule has 1 aliphatic heterocycles. The van der Waals surface area contributed by atoms with Gasteiger partial charge in [0.15, 0.2) is 0 Å². The quantitative estimate of drug-likeness (QED) is 0.840. The minimum Gasteiger partial charge on any atom is -0.337 e. The van der Waals surface area contributed by atoms with Crippen LogP contribution in [0.5, 0.6) is 0 Å². The molecule has 0 atom stereocenters. The number of hydrogen-bond donors (Lipinski definition) is 0. The molecule has 1 amide bonds. The molecule has 1 saturated heterocycles. The number of hydrogen-bond acceptors (Lipinski definition) is 3. The highest BCUT2D eigenvalue weighted by Gasteiger charge is 2.29. The highest BCUT2D eigenvalue weighted by atomic mass is 16.2. The maximum absolute atomic E-state index is 12.6. The summed E-state index contributed by atoms with van der Waals surface area (Å²) >= 11 is 0. The van der Waals surface area contributed by atoms with Crippen molar-refractivity contribution in [2.45, 2.75) is 51.5 Å². The molecule has 2 aliphatic rings. The average Bonchev–Trinajstić information content (AvgIpc) is 3.27. The minimum absolute atomic E-state index is 0.111. The van der Waals surface area contributed by atoms with Crippen LogP contribution < -0.4 is 0 Å². The molecule has 2 aromatic rings. The van der Waals surface area contributed by atoms with Crippen LogP contribution in [0.2, 0.25) is 0 Å². The third kappa shape index (κ3) is 3.34. The fraction of sp³-hybridized carbons (Fsp3) is 0.632. The van der Waals surface area contributed by atoms with Crippen LogP contribution in [0.1, 0.15) is 60.0 Å². The summed E-state index contributed by atoms with van der Waals surface area (Å²) in [6.45, 7) is 4.94. The van der Waals surface area contributed by atoms with Crippen LogP contribution in [-0.2, 0) is 13.6 Å². The first-order chi connectivity index (χ1) is 12.1. The monoisotopic (exact) mass is 341 g/mol. The SMILES string of the molecule is Cc1cnc(C2CC2)n1CCC1CCN(C(=O)c2ccnn2C)CC1.